The SMILES string of the molecule is CCOC(=O)CC1CCCC(C)(C)CC1. The molecule has 2 nitrogen and oxygen atoms in total. The second kappa shape index (κ2) is 5.53. The van der Waals surface area contributed by atoms with Crippen LogP contribution in [-0.4, -0.2) is 12.6 Å². The summed E-state index contributed by atoms with van der Waals surface area (Å²) in [5.41, 5.74) is 0.476. The molecule has 0 aromatic carbocycles. The van der Waals surface area contributed by atoms with E-state index in [1.807, 2.05) is 6.92 Å². The van der Waals surface area contributed by atoms with Gasteiger partial charge >= 0.3 is 5.97 Å². The van der Waals surface area contributed by atoms with Gasteiger partial charge in [-0.2, -0.15) is 0 Å². The monoisotopic (exact) mass is 212 g/mol. The Morgan fingerprint density at radius 3 is 2.73 bits per heavy atom. The summed E-state index contributed by atoms with van der Waals surface area (Å²) in [4.78, 5) is 11.4. The van der Waals surface area contributed by atoms with Gasteiger partial charge in [0.15, 0.2) is 0 Å². The maximum atomic E-state index is 11.4. The molecule has 0 aromatic rings. The van der Waals surface area contributed by atoms with E-state index in [4.69, 9.17) is 4.74 Å². The van der Waals surface area contributed by atoms with Gasteiger partial charge < -0.3 is 4.74 Å². The first-order valence-electron chi connectivity index (χ1n) is 6.19. The zero-order chi connectivity index (χ0) is 11.3. The smallest absolute Gasteiger partial charge is 0.306 e. The predicted molar refractivity (Wildman–Crippen MR) is 61.6 cm³/mol. The molecule has 0 aromatic heterocycles. The Bertz CT molecular complexity index is 209. The van der Waals surface area contributed by atoms with Crippen molar-refractivity contribution < 1.29 is 9.53 Å². The van der Waals surface area contributed by atoms with Crippen LogP contribution in [0.25, 0.3) is 0 Å². The minimum atomic E-state index is -0.0118. The van der Waals surface area contributed by atoms with Crippen molar-refractivity contribution in [3.8, 4) is 0 Å². The Hall–Kier alpha value is -0.530. The maximum Gasteiger partial charge on any atom is 0.306 e. The molecule has 0 heterocycles. The summed E-state index contributed by atoms with van der Waals surface area (Å²) in [5.74, 6) is 0.549. The van der Waals surface area contributed by atoms with Gasteiger partial charge in [-0.25, -0.2) is 0 Å². The predicted octanol–water partition coefficient (Wildman–Crippen LogP) is 3.55. The van der Waals surface area contributed by atoms with Crippen molar-refractivity contribution in [2.24, 2.45) is 11.3 Å². The van der Waals surface area contributed by atoms with Gasteiger partial charge in [0.05, 0.1) is 6.61 Å². The molecule has 0 bridgehead atoms. The van der Waals surface area contributed by atoms with Crippen LogP contribution < -0.4 is 0 Å². The van der Waals surface area contributed by atoms with Crippen molar-refractivity contribution in [3.05, 3.63) is 0 Å². The van der Waals surface area contributed by atoms with Crippen molar-refractivity contribution in [3.63, 3.8) is 0 Å². The summed E-state index contributed by atoms with van der Waals surface area (Å²) >= 11 is 0. The molecule has 0 aliphatic heterocycles. The van der Waals surface area contributed by atoms with Gasteiger partial charge in [-0.3, -0.25) is 4.79 Å². The van der Waals surface area contributed by atoms with Crippen LogP contribution in [-0.2, 0) is 9.53 Å². The van der Waals surface area contributed by atoms with Gasteiger partial charge in [-0.15, -0.1) is 0 Å². The molecule has 2 heteroatoms. The number of hydrogen-bond donors (Lipinski definition) is 0. The second-order valence-corrected chi connectivity index (χ2v) is 5.47. The van der Waals surface area contributed by atoms with Crippen LogP contribution in [0.15, 0.2) is 0 Å². The van der Waals surface area contributed by atoms with Crippen molar-refractivity contribution in [2.75, 3.05) is 6.61 Å². The molecule has 1 rings (SSSR count). The first-order chi connectivity index (χ1) is 7.03. The quantitative estimate of drug-likeness (QED) is 0.528. The lowest BCUT2D eigenvalue weighted by Gasteiger charge is -2.21. The lowest BCUT2D eigenvalue weighted by molar-refractivity contribution is -0.144. The van der Waals surface area contributed by atoms with Crippen molar-refractivity contribution in [1.82, 2.24) is 0 Å². The lowest BCUT2D eigenvalue weighted by Crippen LogP contribution is -2.12. The number of carbonyl (C=O) groups excluding carboxylic acids is 1. The number of esters is 1. The molecule has 1 aliphatic carbocycles. The fourth-order valence-electron chi connectivity index (χ4n) is 2.39. The van der Waals surface area contributed by atoms with Crippen LogP contribution in [0.3, 0.4) is 0 Å². The third kappa shape index (κ3) is 4.67. The largest absolute Gasteiger partial charge is 0.466 e. The van der Waals surface area contributed by atoms with E-state index in [0.29, 0.717) is 24.4 Å². The highest BCUT2D eigenvalue weighted by Gasteiger charge is 2.25. The first kappa shape index (κ1) is 12.5. The number of hydrogen-bond acceptors (Lipinski definition) is 2. The molecular formula is C13H24O2. The molecule has 15 heavy (non-hydrogen) atoms. The zero-order valence-electron chi connectivity index (χ0n) is 10.3. The summed E-state index contributed by atoms with van der Waals surface area (Å²) in [6.07, 6.45) is 6.82. The van der Waals surface area contributed by atoms with Gasteiger partial charge in [0.2, 0.25) is 0 Å². The van der Waals surface area contributed by atoms with E-state index < -0.39 is 0 Å². The van der Waals surface area contributed by atoms with Crippen LogP contribution in [0, 0.1) is 11.3 Å². The molecule has 0 saturated heterocycles. The standard InChI is InChI=1S/C13H24O2/c1-4-15-12(14)10-11-6-5-8-13(2,3)9-7-11/h11H,4-10H2,1-3H3. The molecule has 1 atom stereocenters. The van der Waals surface area contributed by atoms with E-state index in [0.717, 1.165) is 0 Å². The molecule has 1 fully saturated rings. The highest BCUT2D eigenvalue weighted by atomic mass is 16.5. The Kier molecular flexibility index (Phi) is 4.62. The molecule has 0 amide bonds. The summed E-state index contributed by atoms with van der Waals surface area (Å²) in [7, 11) is 0. The van der Waals surface area contributed by atoms with Gasteiger partial charge in [0.25, 0.3) is 0 Å². The topological polar surface area (TPSA) is 26.3 Å². The second-order valence-electron chi connectivity index (χ2n) is 5.47. The third-order valence-corrected chi connectivity index (χ3v) is 3.46. The Labute approximate surface area is 93.4 Å². The normalized spacial score (nSPS) is 25.7. The van der Waals surface area contributed by atoms with E-state index in [-0.39, 0.29) is 5.97 Å². The van der Waals surface area contributed by atoms with Crippen molar-refractivity contribution >= 4 is 5.97 Å². The lowest BCUT2D eigenvalue weighted by atomic mass is 9.84. The summed E-state index contributed by atoms with van der Waals surface area (Å²) < 4.78 is 5.00. The minimum absolute atomic E-state index is 0.0118. The van der Waals surface area contributed by atoms with Crippen LogP contribution in [0.4, 0.5) is 0 Å². The maximum absolute atomic E-state index is 11.4. The molecule has 1 aliphatic rings. The highest BCUT2D eigenvalue weighted by Crippen LogP contribution is 2.37. The van der Waals surface area contributed by atoms with E-state index in [9.17, 15) is 4.79 Å². The van der Waals surface area contributed by atoms with Gasteiger partial charge in [-0.05, 0) is 43.9 Å². The van der Waals surface area contributed by atoms with E-state index in [2.05, 4.69) is 13.8 Å². The van der Waals surface area contributed by atoms with Gasteiger partial charge in [0, 0.05) is 6.42 Å². The molecule has 88 valence electrons. The minimum Gasteiger partial charge on any atom is -0.466 e. The number of rotatable bonds is 3. The van der Waals surface area contributed by atoms with Gasteiger partial charge in [-0.1, -0.05) is 20.3 Å². The average molecular weight is 212 g/mol. The molecule has 1 unspecified atom stereocenters. The van der Waals surface area contributed by atoms with E-state index >= 15 is 0 Å². The highest BCUT2D eigenvalue weighted by molar-refractivity contribution is 5.69. The fraction of sp³-hybridized carbons (Fsp3) is 0.923. The molecule has 0 N–H and O–H groups in total. The average Bonchev–Trinajstić information content (AvgIpc) is 2.28. The molecule has 0 radical (unpaired) electrons. The molecular weight excluding hydrogens is 188 g/mol. The van der Waals surface area contributed by atoms with Crippen LogP contribution >= 0.6 is 0 Å². The first-order valence-corrected chi connectivity index (χ1v) is 6.19. The molecule has 0 spiro atoms. The Morgan fingerprint density at radius 2 is 2.07 bits per heavy atom. The van der Waals surface area contributed by atoms with Crippen molar-refractivity contribution in [1.29, 1.82) is 0 Å². The molecule has 1 saturated carbocycles. The third-order valence-electron chi connectivity index (χ3n) is 3.46. The number of carbonyl (C=O) groups is 1. The summed E-state index contributed by atoms with van der Waals surface area (Å²) in [5, 5.41) is 0. The van der Waals surface area contributed by atoms with E-state index in [1.165, 1.54) is 32.1 Å². The van der Waals surface area contributed by atoms with Crippen molar-refractivity contribution in [2.45, 2.75) is 59.3 Å². The summed E-state index contributed by atoms with van der Waals surface area (Å²) in [6.45, 7) is 7.05. The Balaban J connectivity index is 2.34. The Morgan fingerprint density at radius 1 is 1.33 bits per heavy atom. The van der Waals surface area contributed by atoms with Gasteiger partial charge in [0.1, 0.15) is 0 Å². The zero-order valence-corrected chi connectivity index (χ0v) is 10.3. The fourth-order valence-corrected chi connectivity index (χ4v) is 2.39. The van der Waals surface area contributed by atoms with E-state index in [1.54, 1.807) is 0 Å². The number of ether oxygens (including phenoxy) is 1. The van der Waals surface area contributed by atoms with Crippen LogP contribution in [0.2, 0.25) is 0 Å². The summed E-state index contributed by atoms with van der Waals surface area (Å²) in [6, 6.07) is 0. The van der Waals surface area contributed by atoms with Crippen LogP contribution in [0.1, 0.15) is 59.3 Å². The van der Waals surface area contributed by atoms with Crippen LogP contribution in [0.5, 0.6) is 0 Å².